The van der Waals surface area contributed by atoms with E-state index >= 15 is 0 Å². The lowest BCUT2D eigenvalue weighted by Crippen LogP contribution is -2.33. The second kappa shape index (κ2) is 12.6. The van der Waals surface area contributed by atoms with Crippen molar-refractivity contribution in [3.05, 3.63) is 71.8 Å². The molecule has 9 nitrogen and oxygen atoms in total. The Balaban J connectivity index is 0.000000350. The van der Waals surface area contributed by atoms with Gasteiger partial charge in [-0.2, -0.15) is 0 Å². The number of H-pyrrole nitrogens is 1. The number of aryl methyl sites for hydroxylation is 1. The van der Waals surface area contributed by atoms with Crippen LogP contribution in [-0.4, -0.2) is 55.1 Å². The van der Waals surface area contributed by atoms with Crippen molar-refractivity contribution in [1.82, 2.24) is 19.9 Å². The maximum absolute atomic E-state index is 9.55. The molecule has 2 aromatic heterocycles. The fourth-order valence-electron chi connectivity index (χ4n) is 4.16. The standard InChI is InChI=1S/C21H27N5.C4H4O4/c22-12-3-4-14-26(15-20-24-17-9-1-2-10-18(17)25-20)19-11-5-7-16-8-6-13-23-21(16)19;5-3(6)1-2-4(7)8/h1-2,6,8-10,13,19H,3-5,7,11-12,14-15,22H2,(H,24,25);1-2H,(H,5,6)(H,7,8)/b;2-1-. The third-order valence-electron chi connectivity index (χ3n) is 5.67. The van der Waals surface area contributed by atoms with Gasteiger partial charge in [0.15, 0.2) is 0 Å². The Hall–Kier alpha value is -3.56. The van der Waals surface area contributed by atoms with Crippen molar-refractivity contribution in [2.75, 3.05) is 13.1 Å². The number of pyridine rings is 1. The quantitative estimate of drug-likeness (QED) is 0.278. The van der Waals surface area contributed by atoms with Gasteiger partial charge in [-0.3, -0.25) is 9.88 Å². The number of carbonyl (C=O) groups is 2. The maximum atomic E-state index is 9.55. The van der Waals surface area contributed by atoms with E-state index in [1.54, 1.807) is 0 Å². The predicted octanol–water partition coefficient (Wildman–Crippen LogP) is 3.29. The number of nitrogens with one attached hydrogen (secondary N) is 1. The number of benzene rings is 1. The van der Waals surface area contributed by atoms with Gasteiger partial charge < -0.3 is 20.9 Å². The Labute approximate surface area is 198 Å². The number of imidazole rings is 1. The summed E-state index contributed by atoms with van der Waals surface area (Å²) in [5.41, 5.74) is 10.5. The predicted molar refractivity (Wildman–Crippen MR) is 129 cm³/mol. The van der Waals surface area contributed by atoms with Crippen molar-refractivity contribution < 1.29 is 19.8 Å². The molecule has 0 saturated heterocycles. The molecule has 9 heteroatoms. The van der Waals surface area contributed by atoms with Crippen molar-refractivity contribution in [2.45, 2.75) is 44.7 Å². The van der Waals surface area contributed by atoms with Gasteiger partial charge in [-0.05, 0) is 69.0 Å². The summed E-state index contributed by atoms with van der Waals surface area (Å²) in [6.45, 7) is 2.59. The minimum absolute atomic E-state index is 0.367. The van der Waals surface area contributed by atoms with Crippen LogP contribution >= 0.6 is 0 Å². The second-order valence-electron chi connectivity index (χ2n) is 8.13. The molecule has 4 rings (SSSR count). The van der Waals surface area contributed by atoms with E-state index in [0.29, 0.717) is 18.2 Å². The zero-order valence-electron chi connectivity index (χ0n) is 19.1. The fraction of sp³-hybridized carbons (Fsp3) is 0.360. The normalized spacial score (nSPS) is 15.2. The van der Waals surface area contributed by atoms with Crippen molar-refractivity contribution in [1.29, 1.82) is 0 Å². The molecule has 1 aromatic carbocycles. The number of carboxylic acid groups (broad SMARTS) is 2. The summed E-state index contributed by atoms with van der Waals surface area (Å²) in [6, 6.07) is 12.9. The molecular weight excluding hydrogens is 434 g/mol. The highest BCUT2D eigenvalue weighted by Gasteiger charge is 2.27. The van der Waals surface area contributed by atoms with Crippen LogP contribution in [0.1, 0.15) is 48.8 Å². The van der Waals surface area contributed by atoms with E-state index in [4.69, 9.17) is 25.9 Å². The lowest BCUT2D eigenvalue weighted by Gasteiger charge is -2.34. The van der Waals surface area contributed by atoms with Gasteiger partial charge in [0, 0.05) is 18.3 Å². The highest BCUT2D eigenvalue weighted by Crippen LogP contribution is 2.33. The number of hydrogen-bond acceptors (Lipinski definition) is 6. The first-order chi connectivity index (χ1) is 16.5. The summed E-state index contributed by atoms with van der Waals surface area (Å²) in [6.07, 6.45) is 8.72. The highest BCUT2D eigenvalue weighted by molar-refractivity contribution is 5.89. The van der Waals surface area contributed by atoms with Gasteiger partial charge in [0.05, 0.1) is 29.3 Å². The maximum Gasteiger partial charge on any atom is 0.328 e. The van der Waals surface area contributed by atoms with E-state index in [1.807, 2.05) is 18.3 Å². The zero-order chi connectivity index (χ0) is 24.3. The fourth-order valence-corrected chi connectivity index (χ4v) is 4.16. The van der Waals surface area contributed by atoms with Crippen molar-refractivity contribution in [2.24, 2.45) is 5.73 Å². The molecule has 34 heavy (non-hydrogen) atoms. The van der Waals surface area contributed by atoms with Gasteiger partial charge in [0.2, 0.25) is 0 Å². The third kappa shape index (κ3) is 7.23. The number of carboxylic acids is 2. The molecule has 0 amide bonds. The Morgan fingerprint density at radius 3 is 2.59 bits per heavy atom. The van der Waals surface area contributed by atoms with Crippen LogP contribution < -0.4 is 5.73 Å². The minimum atomic E-state index is -1.26. The average Bonchev–Trinajstić information content (AvgIpc) is 3.25. The van der Waals surface area contributed by atoms with Crippen LogP contribution in [0.15, 0.2) is 54.7 Å². The number of aromatic amines is 1. The number of rotatable bonds is 9. The molecule has 1 aliphatic carbocycles. The van der Waals surface area contributed by atoms with Gasteiger partial charge in [0.25, 0.3) is 0 Å². The van der Waals surface area contributed by atoms with Crippen LogP contribution in [0.3, 0.4) is 0 Å². The lowest BCUT2D eigenvalue weighted by atomic mass is 9.90. The summed E-state index contributed by atoms with van der Waals surface area (Å²) in [7, 11) is 0. The summed E-state index contributed by atoms with van der Waals surface area (Å²) < 4.78 is 0. The number of aromatic nitrogens is 3. The number of fused-ring (bicyclic) bond motifs is 2. The zero-order valence-corrected chi connectivity index (χ0v) is 19.1. The molecule has 180 valence electrons. The molecule has 3 aromatic rings. The number of aliphatic carboxylic acids is 2. The van der Waals surface area contributed by atoms with Gasteiger partial charge >= 0.3 is 11.9 Å². The Bertz CT molecular complexity index is 1080. The second-order valence-corrected chi connectivity index (χ2v) is 8.13. The SMILES string of the molecule is NCCCCN(Cc1nc2ccccc2[nH]1)C1CCCc2cccnc21.O=C(O)/C=C\C(=O)O. The van der Waals surface area contributed by atoms with E-state index in [-0.39, 0.29) is 0 Å². The molecule has 1 atom stereocenters. The molecular formula is C25H31N5O4. The smallest absolute Gasteiger partial charge is 0.328 e. The van der Waals surface area contributed by atoms with Gasteiger partial charge in [0.1, 0.15) is 5.82 Å². The molecule has 0 fully saturated rings. The van der Waals surface area contributed by atoms with E-state index in [0.717, 1.165) is 62.2 Å². The summed E-state index contributed by atoms with van der Waals surface area (Å²) >= 11 is 0. The molecule has 1 aliphatic rings. The molecule has 0 spiro atoms. The largest absolute Gasteiger partial charge is 0.478 e. The first kappa shape index (κ1) is 25.1. The summed E-state index contributed by atoms with van der Waals surface area (Å²) in [5, 5.41) is 15.6. The number of unbranched alkanes of at least 4 members (excludes halogenated alkanes) is 1. The monoisotopic (exact) mass is 465 g/mol. The minimum Gasteiger partial charge on any atom is -0.478 e. The van der Waals surface area contributed by atoms with Crippen molar-refractivity contribution in [3.8, 4) is 0 Å². The molecule has 1 unspecified atom stereocenters. The van der Waals surface area contributed by atoms with Crippen molar-refractivity contribution in [3.63, 3.8) is 0 Å². The van der Waals surface area contributed by atoms with E-state index in [9.17, 15) is 9.59 Å². The first-order valence-electron chi connectivity index (χ1n) is 11.4. The molecule has 5 N–H and O–H groups in total. The third-order valence-corrected chi connectivity index (χ3v) is 5.67. The topological polar surface area (TPSA) is 145 Å². The number of nitrogens with zero attached hydrogens (tertiary/aromatic N) is 3. The van der Waals surface area contributed by atoms with E-state index in [1.165, 1.54) is 17.7 Å². The molecule has 0 saturated carbocycles. The molecule has 0 aliphatic heterocycles. The van der Waals surface area contributed by atoms with Crippen LogP contribution in [0.5, 0.6) is 0 Å². The van der Waals surface area contributed by atoms with Crippen molar-refractivity contribution >= 4 is 23.0 Å². The van der Waals surface area contributed by atoms with Gasteiger partial charge in [-0.15, -0.1) is 0 Å². The first-order valence-corrected chi connectivity index (χ1v) is 11.4. The van der Waals surface area contributed by atoms with Gasteiger partial charge in [-0.25, -0.2) is 14.6 Å². The summed E-state index contributed by atoms with van der Waals surface area (Å²) in [5.74, 6) is -1.48. The summed E-state index contributed by atoms with van der Waals surface area (Å²) in [4.78, 5) is 34.7. The van der Waals surface area contributed by atoms with Crippen LogP contribution in [0.25, 0.3) is 11.0 Å². The van der Waals surface area contributed by atoms with Crippen LogP contribution in [-0.2, 0) is 22.6 Å². The van der Waals surface area contributed by atoms with Gasteiger partial charge in [-0.1, -0.05) is 18.2 Å². The van der Waals surface area contributed by atoms with E-state index < -0.39 is 11.9 Å². The Kier molecular flexibility index (Phi) is 9.30. The molecule has 0 bridgehead atoms. The van der Waals surface area contributed by atoms with Crippen LogP contribution in [0.4, 0.5) is 0 Å². The number of nitrogens with two attached hydrogens (primary N) is 1. The molecule has 2 heterocycles. The average molecular weight is 466 g/mol. The van der Waals surface area contributed by atoms with E-state index in [2.05, 4.69) is 34.1 Å². The van der Waals surface area contributed by atoms with Crippen LogP contribution in [0, 0.1) is 0 Å². The highest BCUT2D eigenvalue weighted by atomic mass is 16.4. The lowest BCUT2D eigenvalue weighted by molar-refractivity contribution is -0.134. The Morgan fingerprint density at radius 1 is 1.12 bits per heavy atom. The number of hydrogen-bond donors (Lipinski definition) is 4. The Morgan fingerprint density at radius 2 is 1.88 bits per heavy atom. The molecule has 0 radical (unpaired) electrons. The van der Waals surface area contributed by atoms with Crippen LogP contribution in [0.2, 0.25) is 0 Å². The number of para-hydroxylation sites is 2.